The Labute approximate surface area is 131 Å². The minimum atomic E-state index is 0.244. The van der Waals surface area contributed by atoms with E-state index in [9.17, 15) is 0 Å². The smallest absolute Gasteiger partial charge is 0.186 e. The van der Waals surface area contributed by atoms with E-state index in [0.717, 1.165) is 30.8 Å². The number of nitrogens with zero attached hydrogens (tertiary/aromatic N) is 4. The van der Waals surface area contributed by atoms with E-state index >= 15 is 0 Å². The molecule has 1 aromatic carbocycles. The van der Waals surface area contributed by atoms with Gasteiger partial charge in [0.25, 0.3) is 0 Å². The number of aromatic nitrogens is 3. The second-order valence-corrected chi connectivity index (χ2v) is 5.68. The van der Waals surface area contributed by atoms with Crippen LogP contribution in [0.1, 0.15) is 49.6 Å². The minimum absolute atomic E-state index is 0.244. The average molecular weight is 298 g/mol. The maximum atomic E-state index is 9.05. The topological polar surface area (TPSA) is 63.7 Å². The van der Waals surface area contributed by atoms with Crippen LogP contribution in [0, 0.1) is 18.3 Å². The summed E-state index contributed by atoms with van der Waals surface area (Å²) in [5.41, 5.74) is 2.58. The van der Waals surface area contributed by atoms with Crippen LogP contribution < -0.4 is 4.74 Å². The minimum Gasteiger partial charge on any atom is -0.494 e. The summed E-state index contributed by atoms with van der Waals surface area (Å²) < 4.78 is 7.55. The summed E-state index contributed by atoms with van der Waals surface area (Å²) in [6, 6.07) is 10.2. The Morgan fingerprint density at radius 3 is 2.59 bits per heavy atom. The van der Waals surface area contributed by atoms with Gasteiger partial charge in [-0.25, -0.2) is 4.68 Å². The molecule has 0 bridgehead atoms. The van der Waals surface area contributed by atoms with Gasteiger partial charge in [0, 0.05) is 6.54 Å². The first-order valence-corrected chi connectivity index (χ1v) is 7.64. The molecule has 5 nitrogen and oxygen atoms in total. The predicted octanol–water partition coefficient (Wildman–Crippen LogP) is 3.44. The molecule has 0 aliphatic rings. The maximum Gasteiger partial charge on any atom is 0.186 e. The van der Waals surface area contributed by atoms with Crippen molar-refractivity contribution in [1.82, 2.24) is 15.0 Å². The van der Waals surface area contributed by atoms with Crippen LogP contribution in [0.25, 0.3) is 0 Å². The van der Waals surface area contributed by atoms with Crippen LogP contribution in [0.4, 0.5) is 0 Å². The lowest BCUT2D eigenvalue weighted by Crippen LogP contribution is -2.09. The number of aryl methyl sites for hydroxylation is 2. The molecule has 0 atom stereocenters. The Kier molecular flexibility index (Phi) is 5.54. The summed E-state index contributed by atoms with van der Waals surface area (Å²) in [4.78, 5) is 0. The number of hydrogen-bond acceptors (Lipinski definition) is 4. The highest BCUT2D eigenvalue weighted by Gasteiger charge is 2.15. The Morgan fingerprint density at radius 2 is 1.95 bits per heavy atom. The van der Waals surface area contributed by atoms with Crippen molar-refractivity contribution >= 4 is 0 Å². The molecule has 5 heteroatoms. The van der Waals surface area contributed by atoms with Crippen molar-refractivity contribution in [1.29, 1.82) is 5.26 Å². The molecule has 0 saturated carbocycles. The fourth-order valence-corrected chi connectivity index (χ4v) is 2.32. The third-order valence-electron chi connectivity index (χ3n) is 3.48. The summed E-state index contributed by atoms with van der Waals surface area (Å²) in [5, 5.41) is 17.1. The van der Waals surface area contributed by atoms with Crippen molar-refractivity contribution in [2.45, 2.75) is 46.1 Å². The van der Waals surface area contributed by atoms with Crippen molar-refractivity contribution in [3.8, 4) is 11.8 Å². The monoisotopic (exact) mass is 298 g/mol. The van der Waals surface area contributed by atoms with Gasteiger partial charge in [0.2, 0.25) is 0 Å². The van der Waals surface area contributed by atoms with Gasteiger partial charge in [-0.15, -0.1) is 5.10 Å². The third-order valence-corrected chi connectivity index (χ3v) is 3.48. The summed E-state index contributed by atoms with van der Waals surface area (Å²) in [6.07, 6.45) is 1.88. The summed E-state index contributed by atoms with van der Waals surface area (Å²) in [7, 11) is 0. The number of rotatable bonds is 7. The van der Waals surface area contributed by atoms with E-state index in [1.54, 1.807) is 0 Å². The van der Waals surface area contributed by atoms with Crippen molar-refractivity contribution in [3.05, 3.63) is 41.2 Å². The number of hydrogen-bond donors (Lipinski definition) is 0. The van der Waals surface area contributed by atoms with Gasteiger partial charge in [-0.2, -0.15) is 5.26 Å². The quantitative estimate of drug-likeness (QED) is 0.734. The fraction of sp³-hybridized carbons (Fsp3) is 0.471. The van der Waals surface area contributed by atoms with Crippen LogP contribution in [0.2, 0.25) is 0 Å². The molecule has 0 unspecified atom stereocenters. The number of nitriles is 1. The van der Waals surface area contributed by atoms with Gasteiger partial charge in [0.05, 0.1) is 12.3 Å². The summed E-state index contributed by atoms with van der Waals surface area (Å²) in [5.74, 6) is 1.15. The predicted molar refractivity (Wildman–Crippen MR) is 84.7 cm³/mol. The summed E-state index contributed by atoms with van der Waals surface area (Å²) in [6.45, 7) is 7.61. The molecule has 0 saturated heterocycles. The Balaban J connectivity index is 1.78. The number of ether oxygens (including phenoxy) is 1. The van der Waals surface area contributed by atoms with Crippen molar-refractivity contribution in [2.24, 2.45) is 0 Å². The van der Waals surface area contributed by atoms with Crippen LogP contribution in [-0.4, -0.2) is 21.6 Å². The molecule has 0 aliphatic heterocycles. The first-order valence-electron chi connectivity index (χ1n) is 7.64. The van der Waals surface area contributed by atoms with Gasteiger partial charge in [0.1, 0.15) is 11.8 Å². The normalized spacial score (nSPS) is 10.7. The molecule has 0 N–H and O–H groups in total. The standard InChI is InChI=1S/C17H22N4O/c1-13(2)17-16(12-18)19-20-21(17)10-4-5-11-22-15-8-6-14(3)7-9-15/h6-9,13H,4-5,10-11H2,1-3H3. The van der Waals surface area contributed by atoms with Crippen molar-refractivity contribution < 1.29 is 4.74 Å². The fourth-order valence-electron chi connectivity index (χ4n) is 2.32. The molecular formula is C17H22N4O. The van der Waals surface area contributed by atoms with Gasteiger partial charge in [-0.1, -0.05) is 36.8 Å². The van der Waals surface area contributed by atoms with Crippen LogP contribution in [0.5, 0.6) is 5.75 Å². The highest BCUT2D eigenvalue weighted by atomic mass is 16.5. The molecule has 0 spiro atoms. The molecule has 1 heterocycles. The van der Waals surface area contributed by atoms with Crippen LogP contribution in [0.15, 0.2) is 24.3 Å². The van der Waals surface area contributed by atoms with Gasteiger partial charge in [-0.3, -0.25) is 0 Å². The number of unbranched alkanes of at least 4 members (excludes halogenated alkanes) is 1. The first-order chi connectivity index (χ1) is 10.6. The molecule has 0 fully saturated rings. The van der Waals surface area contributed by atoms with Crippen molar-refractivity contribution in [2.75, 3.05) is 6.61 Å². The Hall–Kier alpha value is -2.35. The lowest BCUT2D eigenvalue weighted by atomic mass is 10.1. The third kappa shape index (κ3) is 4.08. The molecule has 1 aromatic heterocycles. The molecule has 0 radical (unpaired) electrons. The van der Waals surface area contributed by atoms with Gasteiger partial charge < -0.3 is 4.74 Å². The average Bonchev–Trinajstić information content (AvgIpc) is 2.92. The van der Waals surface area contributed by atoms with E-state index in [2.05, 4.69) is 37.2 Å². The van der Waals surface area contributed by atoms with Crippen LogP contribution >= 0.6 is 0 Å². The second kappa shape index (κ2) is 7.60. The SMILES string of the molecule is Cc1ccc(OCCCCn2nnc(C#N)c2C(C)C)cc1. The highest BCUT2D eigenvalue weighted by Crippen LogP contribution is 2.17. The molecule has 116 valence electrons. The van der Waals surface area contributed by atoms with Crippen molar-refractivity contribution in [3.63, 3.8) is 0 Å². The summed E-state index contributed by atoms with van der Waals surface area (Å²) >= 11 is 0. The molecule has 2 rings (SSSR count). The van der Waals surface area contributed by atoms with Gasteiger partial charge in [-0.05, 0) is 37.8 Å². The van der Waals surface area contributed by atoms with E-state index in [1.165, 1.54) is 5.56 Å². The zero-order chi connectivity index (χ0) is 15.9. The molecule has 22 heavy (non-hydrogen) atoms. The second-order valence-electron chi connectivity index (χ2n) is 5.68. The lowest BCUT2D eigenvalue weighted by molar-refractivity contribution is 0.301. The van der Waals surface area contributed by atoms with E-state index in [-0.39, 0.29) is 5.92 Å². The first kappa shape index (κ1) is 16.0. The van der Waals surface area contributed by atoms with Crippen LogP contribution in [-0.2, 0) is 6.54 Å². The zero-order valence-electron chi connectivity index (χ0n) is 13.4. The van der Waals surface area contributed by atoms with E-state index in [1.807, 2.05) is 28.9 Å². The maximum absolute atomic E-state index is 9.05. The van der Waals surface area contributed by atoms with Gasteiger partial charge >= 0.3 is 0 Å². The molecular weight excluding hydrogens is 276 g/mol. The largest absolute Gasteiger partial charge is 0.494 e. The number of benzene rings is 1. The highest BCUT2D eigenvalue weighted by molar-refractivity contribution is 5.27. The Morgan fingerprint density at radius 1 is 1.23 bits per heavy atom. The van der Waals surface area contributed by atoms with E-state index in [0.29, 0.717) is 12.3 Å². The molecule has 0 amide bonds. The van der Waals surface area contributed by atoms with Crippen LogP contribution in [0.3, 0.4) is 0 Å². The van der Waals surface area contributed by atoms with E-state index in [4.69, 9.17) is 10.00 Å². The molecule has 0 aliphatic carbocycles. The molecule has 2 aromatic rings. The van der Waals surface area contributed by atoms with Gasteiger partial charge in [0.15, 0.2) is 5.69 Å². The zero-order valence-corrected chi connectivity index (χ0v) is 13.4. The Bertz CT molecular complexity index is 638. The lowest BCUT2D eigenvalue weighted by Gasteiger charge is -2.10. The van der Waals surface area contributed by atoms with E-state index < -0.39 is 0 Å².